The monoisotopic (exact) mass is 235 g/mol. The zero-order valence-electron chi connectivity index (χ0n) is 9.23. The molecule has 0 aliphatic heterocycles. The van der Waals surface area contributed by atoms with Gasteiger partial charge in [0.25, 0.3) is 0 Å². The van der Waals surface area contributed by atoms with Crippen LogP contribution < -0.4 is 0 Å². The van der Waals surface area contributed by atoms with Crippen LogP contribution in [0.2, 0.25) is 5.15 Å². The van der Waals surface area contributed by atoms with E-state index in [1.165, 1.54) is 0 Å². The molecule has 2 aromatic rings. The number of rotatable bonds is 4. The molecule has 0 bridgehead atoms. The van der Waals surface area contributed by atoms with Crippen molar-refractivity contribution in [2.24, 2.45) is 0 Å². The minimum Gasteiger partial charge on any atom is -0.331 e. The van der Waals surface area contributed by atoms with Crippen molar-refractivity contribution in [2.45, 2.75) is 26.3 Å². The van der Waals surface area contributed by atoms with Gasteiger partial charge in [0.1, 0.15) is 11.0 Å². The van der Waals surface area contributed by atoms with Gasteiger partial charge in [0, 0.05) is 31.6 Å². The van der Waals surface area contributed by atoms with Gasteiger partial charge in [-0.05, 0) is 24.1 Å². The van der Waals surface area contributed by atoms with Gasteiger partial charge in [0.05, 0.1) is 0 Å². The highest BCUT2D eigenvalue weighted by atomic mass is 35.5. The first kappa shape index (κ1) is 11.1. The summed E-state index contributed by atoms with van der Waals surface area (Å²) in [4.78, 5) is 8.31. The van der Waals surface area contributed by atoms with Gasteiger partial charge in [0.15, 0.2) is 0 Å². The summed E-state index contributed by atoms with van der Waals surface area (Å²) in [5, 5.41) is 0.537. The Hall–Kier alpha value is -1.35. The quantitative estimate of drug-likeness (QED) is 0.763. The molecule has 0 aliphatic carbocycles. The lowest BCUT2D eigenvalue weighted by Crippen LogP contribution is -2.04. The molecule has 0 aromatic carbocycles. The number of imidazole rings is 1. The Kier molecular flexibility index (Phi) is 3.57. The zero-order chi connectivity index (χ0) is 11.4. The average Bonchev–Trinajstić information content (AvgIpc) is 2.66. The Labute approximate surface area is 100 Å². The molecule has 0 saturated carbocycles. The minimum absolute atomic E-state index is 0.537. The minimum atomic E-state index is 0.537. The van der Waals surface area contributed by atoms with Gasteiger partial charge in [-0.1, -0.05) is 18.5 Å². The maximum Gasteiger partial charge on any atom is 0.129 e. The van der Waals surface area contributed by atoms with E-state index in [2.05, 4.69) is 21.5 Å². The van der Waals surface area contributed by atoms with Gasteiger partial charge < -0.3 is 4.57 Å². The first-order valence-corrected chi connectivity index (χ1v) is 5.78. The third-order valence-electron chi connectivity index (χ3n) is 2.42. The molecule has 0 radical (unpaired) electrons. The second-order valence-electron chi connectivity index (χ2n) is 3.71. The summed E-state index contributed by atoms with van der Waals surface area (Å²) >= 11 is 5.85. The van der Waals surface area contributed by atoms with Gasteiger partial charge in [-0.15, -0.1) is 0 Å². The molecule has 0 atom stereocenters. The summed E-state index contributed by atoms with van der Waals surface area (Å²) in [5.74, 6) is 1.12. The SMILES string of the molecule is CCCc1nccn1Cc1ccnc(Cl)c1. The zero-order valence-corrected chi connectivity index (χ0v) is 9.98. The number of nitrogens with zero attached hydrogens (tertiary/aromatic N) is 3. The Morgan fingerprint density at radius 2 is 2.19 bits per heavy atom. The predicted octanol–water partition coefficient (Wildman–Crippen LogP) is 2.93. The summed E-state index contributed by atoms with van der Waals surface area (Å²) in [6.45, 7) is 2.96. The van der Waals surface area contributed by atoms with Crippen LogP contribution >= 0.6 is 11.6 Å². The third-order valence-corrected chi connectivity index (χ3v) is 2.63. The fraction of sp³-hybridized carbons (Fsp3) is 0.333. The summed E-state index contributed by atoms with van der Waals surface area (Å²) in [5.41, 5.74) is 1.15. The van der Waals surface area contributed by atoms with Crippen molar-refractivity contribution in [3.8, 4) is 0 Å². The van der Waals surface area contributed by atoms with Crippen LogP contribution in [-0.2, 0) is 13.0 Å². The number of halogens is 1. The molecule has 0 saturated heterocycles. The molecule has 0 unspecified atom stereocenters. The van der Waals surface area contributed by atoms with E-state index in [0.717, 1.165) is 30.8 Å². The van der Waals surface area contributed by atoms with E-state index in [4.69, 9.17) is 11.6 Å². The van der Waals surface area contributed by atoms with E-state index in [0.29, 0.717) is 5.15 Å². The van der Waals surface area contributed by atoms with Crippen molar-refractivity contribution in [1.29, 1.82) is 0 Å². The molecule has 0 fully saturated rings. The van der Waals surface area contributed by atoms with Crippen LogP contribution in [0.5, 0.6) is 0 Å². The number of aryl methyl sites for hydroxylation is 1. The van der Waals surface area contributed by atoms with E-state index in [-0.39, 0.29) is 0 Å². The lowest BCUT2D eigenvalue weighted by atomic mass is 10.2. The Bertz CT molecular complexity index is 465. The summed E-state index contributed by atoms with van der Waals surface area (Å²) < 4.78 is 2.15. The molecule has 2 aromatic heterocycles. The molecule has 0 spiro atoms. The fourth-order valence-corrected chi connectivity index (χ4v) is 1.87. The standard InChI is InChI=1S/C12H14ClN3/c1-2-3-12-15-6-7-16(12)9-10-4-5-14-11(13)8-10/h4-8H,2-3,9H2,1H3. The fourth-order valence-electron chi connectivity index (χ4n) is 1.67. The van der Waals surface area contributed by atoms with Crippen molar-refractivity contribution < 1.29 is 0 Å². The van der Waals surface area contributed by atoms with Gasteiger partial charge in [-0.3, -0.25) is 0 Å². The van der Waals surface area contributed by atoms with Crippen molar-refractivity contribution in [1.82, 2.24) is 14.5 Å². The van der Waals surface area contributed by atoms with Crippen LogP contribution in [0, 0.1) is 0 Å². The largest absolute Gasteiger partial charge is 0.331 e. The Morgan fingerprint density at radius 3 is 2.94 bits per heavy atom. The van der Waals surface area contributed by atoms with Crippen molar-refractivity contribution >= 4 is 11.6 Å². The Balaban J connectivity index is 2.17. The highest BCUT2D eigenvalue weighted by Gasteiger charge is 2.02. The molecular weight excluding hydrogens is 222 g/mol. The van der Waals surface area contributed by atoms with Gasteiger partial charge in [0.2, 0.25) is 0 Å². The van der Waals surface area contributed by atoms with Gasteiger partial charge >= 0.3 is 0 Å². The molecule has 4 heteroatoms. The van der Waals surface area contributed by atoms with Crippen LogP contribution in [0.3, 0.4) is 0 Å². The lowest BCUT2D eigenvalue weighted by molar-refractivity contribution is 0.704. The number of hydrogen-bond donors (Lipinski definition) is 0. The predicted molar refractivity (Wildman–Crippen MR) is 64.6 cm³/mol. The highest BCUT2D eigenvalue weighted by Crippen LogP contribution is 2.10. The first-order valence-electron chi connectivity index (χ1n) is 5.40. The van der Waals surface area contributed by atoms with E-state index < -0.39 is 0 Å². The van der Waals surface area contributed by atoms with Crippen molar-refractivity contribution in [3.05, 3.63) is 47.3 Å². The molecule has 2 heterocycles. The molecule has 0 amide bonds. The third kappa shape index (κ3) is 2.61. The van der Waals surface area contributed by atoms with E-state index in [1.54, 1.807) is 6.20 Å². The van der Waals surface area contributed by atoms with Crippen molar-refractivity contribution in [2.75, 3.05) is 0 Å². The molecule has 0 N–H and O–H groups in total. The molecule has 2 rings (SSSR count). The normalized spacial score (nSPS) is 10.6. The van der Waals surface area contributed by atoms with E-state index >= 15 is 0 Å². The average molecular weight is 236 g/mol. The molecule has 16 heavy (non-hydrogen) atoms. The second kappa shape index (κ2) is 5.12. The molecular formula is C12H14ClN3. The second-order valence-corrected chi connectivity index (χ2v) is 4.10. The lowest BCUT2D eigenvalue weighted by Gasteiger charge is -2.07. The Morgan fingerprint density at radius 1 is 1.31 bits per heavy atom. The molecule has 0 aliphatic rings. The van der Waals surface area contributed by atoms with Gasteiger partial charge in [-0.25, -0.2) is 9.97 Å². The smallest absolute Gasteiger partial charge is 0.129 e. The van der Waals surface area contributed by atoms with Crippen LogP contribution in [0.1, 0.15) is 24.7 Å². The summed E-state index contributed by atoms with van der Waals surface area (Å²) in [7, 11) is 0. The first-order chi connectivity index (χ1) is 7.79. The van der Waals surface area contributed by atoms with E-state index in [1.807, 2.05) is 24.5 Å². The summed E-state index contributed by atoms with van der Waals surface area (Å²) in [6.07, 6.45) is 7.68. The molecule has 3 nitrogen and oxygen atoms in total. The van der Waals surface area contributed by atoms with Crippen LogP contribution in [0.4, 0.5) is 0 Å². The summed E-state index contributed by atoms with van der Waals surface area (Å²) in [6, 6.07) is 3.86. The highest BCUT2D eigenvalue weighted by molar-refractivity contribution is 6.29. The van der Waals surface area contributed by atoms with Crippen LogP contribution in [0.15, 0.2) is 30.7 Å². The van der Waals surface area contributed by atoms with Gasteiger partial charge in [-0.2, -0.15) is 0 Å². The van der Waals surface area contributed by atoms with Crippen LogP contribution in [-0.4, -0.2) is 14.5 Å². The molecule has 84 valence electrons. The maximum atomic E-state index is 5.85. The van der Waals surface area contributed by atoms with E-state index in [9.17, 15) is 0 Å². The maximum absolute atomic E-state index is 5.85. The topological polar surface area (TPSA) is 30.7 Å². The number of hydrogen-bond acceptors (Lipinski definition) is 2. The number of pyridine rings is 1. The number of aromatic nitrogens is 3. The van der Waals surface area contributed by atoms with Crippen molar-refractivity contribution in [3.63, 3.8) is 0 Å². The van der Waals surface area contributed by atoms with Crippen LogP contribution in [0.25, 0.3) is 0 Å².